The zero-order valence-electron chi connectivity index (χ0n) is 11.6. The predicted octanol–water partition coefficient (Wildman–Crippen LogP) is 2.20. The Labute approximate surface area is 115 Å². The molecule has 3 nitrogen and oxygen atoms in total. The summed E-state index contributed by atoms with van der Waals surface area (Å²) in [6, 6.07) is 6.15. The summed E-state index contributed by atoms with van der Waals surface area (Å²) in [5.41, 5.74) is 3.49. The molecular weight excluding hydrogens is 236 g/mol. The van der Waals surface area contributed by atoms with Crippen molar-refractivity contribution in [3.8, 4) is 0 Å². The number of nitrogens with zero attached hydrogens (tertiary/aromatic N) is 1. The van der Waals surface area contributed by atoms with Gasteiger partial charge in [-0.1, -0.05) is 12.1 Å². The topological polar surface area (TPSA) is 32.3 Å². The van der Waals surface area contributed by atoms with Gasteiger partial charge in [0.1, 0.15) is 0 Å². The normalized spacial score (nSPS) is 17.9. The molecule has 1 heterocycles. The lowest BCUT2D eigenvalue weighted by atomic mass is 9.94. The highest BCUT2D eigenvalue weighted by molar-refractivity contribution is 5.96. The zero-order valence-corrected chi connectivity index (χ0v) is 11.6. The van der Waals surface area contributed by atoms with Gasteiger partial charge in [0.05, 0.1) is 0 Å². The molecule has 19 heavy (non-hydrogen) atoms. The van der Waals surface area contributed by atoms with Crippen molar-refractivity contribution in [3.63, 3.8) is 0 Å². The molecule has 2 aliphatic rings. The highest BCUT2D eigenvalue weighted by Gasteiger charge is 2.27. The van der Waals surface area contributed by atoms with E-state index >= 15 is 0 Å². The number of rotatable bonds is 4. The smallest absolute Gasteiger partial charge is 0.254 e. The first-order valence-electron chi connectivity index (χ1n) is 7.40. The minimum absolute atomic E-state index is 0.230. The number of benzene rings is 1. The van der Waals surface area contributed by atoms with E-state index in [0.29, 0.717) is 0 Å². The van der Waals surface area contributed by atoms with Crippen LogP contribution >= 0.6 is 0 Å². The first-order chi connectivity index (χ1) is 9.29. The maximum atomic E-state index is 12.7. The van der Waals surface area contributed by atoms with E-state index in [1.165, 1.54) is 24.0 Å². The highest BCUT2D eigenvalue weighted by atomic mass is 16.2. The third-order valence-corrected chi connectivity index (χ3v) is 4.22. The van der Waals surface area contributed by atoms with E-state index in [1.54, 1.807) is 0 Å². The number of fused-ring (bicyclic) bond motifs is 1. The minimum atomic E-state index is 0.230. The quantitative estimate of drug-likeness (QED) is 0.898. The van der Waals surface area contributed by atoms with E-state index in [2.05, 4.69) is 18.3 Å². The fourth-order valence-corrected chi connectivity index (χ4v) is 2.87. The molecule has 102 valence electrons. The second kappa shape index (κ2) is 5.33. The van der Waals surface area contributed by atoms with Crippen LogP contribution in [0.25, 0.3) is 0 Å². The van der Waals surface area contributed by atoms with E-state index in [4.69, 9.17) is 0 Å². The Morgan fingerprint density at radius 2 is 2.26 bits per heavy atom. The Morgan fingerprint density at radius 3 is 3.00 bits per heavy atom. The lowest BCUT2D eigenvalue weighted by molar-refractivity contribution is 0.0755. The Bertz CT molecular complexity index is 480. The van der Waals surface area contributed by atoms with Crippen LogP contribution in [0.3, 0.4) is 0 Å². The molecule has 0 aromatic heterocycles. The summed E-state index contributed by atoms with van der Waals surface area (Å²) in [5.74, 6) is 0.984. The molecule has 1 N–H and O–H groups in total. The van der Waals surface area contributed by atoms with Gasteiger partial charge in [0, 0.05) is 25.2 Å². The SMILES string of the molecule is CCN(CC1CC1)C(=O)c1cccc2c1CCNC2. The molecule has 1 amide bonds. The van der Waals surface area contributed by atoms with E-state index < -0.39 is 0 Å². The third kappa shape index (κ3) is 2.66. The maximum Gasteiger partial charge on any atom is 0.254 e. The fourth-order valence-electron chi connectivity index (χ4n) is 2.87. The average molecular weight is 258 g/mol. The molecule has 0 saturated heterocycles. The van der Waals surface area contributed by atoms with Gasteiger partial charge in [-0.25, -0.2) is 0 Å². The Kier molecular flexibility index (Phi) is 3.56. The van der Waals surface area contributed by atoms with Gasteiger partial charge in [-0.15, -0.1) is 0 Å². The van der Waals surface area contributed by atoms with Gasteiger partial charge in [-0.2, -0.15) is 0 Å². The van der Waals surface area contributed by atoms with E-state index in [-0.39, 0.29) is 5.91 Å². The van der Waals surface area contributed by atoms with Crippen LogP contribution in [0.15, 0.2) is 18.2 Å². The van der Waals surface area contributed by atoms with Crippen molar-refractivity contribution in [2.45, 2.75) is 32.7 Å². The molecular formula is C16H22N2O. The molecule has 1 aliphatic heterocycles. The van der Waals surface area contributed by atoms with Gasteiger partial charge in [0.15, 0.2) is 0 Å². The number of hydrogen-bond donors (Lipinski definition) is 1. The summed E-state index contributed by atoms with van der Waals surface area (Å²) in [7, 11) is 0. The molecule has 0 spiro atoms. The van der Waals surface area contributed by atoms with Crippen molar-refractivity contribution in [1.82, 2.24) is 10.2 Å². The number of nitrogens with one attached hydrogen (secondary N) is 1. The predicted molar refractivity (Wildman–Crippen MR) is 76.2 cm³/mol. The van der Waals surface area contributed by atoms with Crippen molar-refractivity contribution in [3.05, 3.63) is 34.9 Å². The zero-order chi connectivity index (χ0) is 13.2. The summed E-state index contributed by atoms with van der Waals surface area (Å²) in [5, 5.41) is 3.37. The molecule has 0 unspecified atom stereocenters. The Balaban J connectivity index is 1.85. The molecule has 0 bridgehead atoms. The van der Waals surface area contributed by atoms with Crippen molar-refractivity contribution >= 4 is 5.91 Å². The average Bonchev–Trinajstić information content (AvgIpc) is 3.27. The summed E-state index contributed by atoms with van der Waals surface area (Å²) in [4.78, 5) is 14.7. The van der Waals surface area contributed by atoms with Gasteiger partial charge in [-0.05, 0) is 55.8 Å². The molecule has 0 radical (unpaired) electrons. The van der Waals surface area contributed by atoms with Crippen molar-refractivity contribution in [1.29, 1.82) is 0 Å². The van der Waals surface area contributed by atoms with Crippen LogP contribution < -0.4 is 5.32 Å². The molecule has 1 saturated carbocycles. The van der Waals surface area contributed by atoms with Gasteiger partial charge >= 0.3 is 0 Å². The van der Waals surface area contributed by atoms with Crippen molar-refractivity contribution in [2.75, 3.05) is 19.6 Å². The number of carbonyl (C=O) groups is 1. The molecule has 0 atom stereocenters. The number of hydrogen-bond acceptors (Lipinski definition) is 2. The van der Waals surface area contributed by atoms with Gasteiger partial charge in [0.2, 0.25) is 0 Å². The van der Waals surface area contributed by atoms with Crippen LogP contribution in [-0.2, 0) is 13.0 Å². The first-order valence-corrected chi connectivity index (χ1v) is 7.40. The summed E-state index contributed by atoms with van der Waals surface area (Å²) in [6.07, 6.45) is 3.55. The standard InChI is InChI=1S/C16H22N2O/c1-2-18(11-12-6-7-12)16(19)15-5-3-4-13-10-17-9-8-14(13)15/h3-5,12,17H,2,6-11H2,1H3. The fraction of sp³-hybridized carbons (Fsp3) is 0.562. The summed E-state index contributed by atoms with van der Waals surface area (Å²) in [6.45, 7) is 5.71. The van der Waals surface area contributed by atoms with Gasteiger partial charge < -0.3 is 10.2 Å². The van der Waals surface area contributed by atoms with E-state index in [9.17, 15) is 4.79 Å². The largest absolute Gasteiger partial charge is 0.339 e. The van der Waals surface area contributed by atoms with Crippen molar-refractivity contribution in [2.24, 2.45) is 5.92 Å². The summed E-state index contributed by atoms with van der Waals surface area (Å²) < 4.78 is 0. The minimum Gasteiger partial charge on any atom is -0.339 e. The Hall–Kier alpha value is -1.35. The monoisotopic (exact) mass is 258 g/mol. The molecule has 1 aliphatic carbocycles. The lowest BCUT2D eigenvalue weighted by Crippen LogP contribution is -2.34. The molecule has 1 aromatic rings. The highest BCUT2D eigenvalue weighted by Crippen LogP contribution is 2.30. The van der Waals surface area contributed by atoms with Crippen LogP contribution in [-0.4, -0.2) is 30.4 Å². The first kappa shape index (κ1) is 12.7. The maximum absolute atomic E-state index is 12.7. The lowest BCUT2D eigenvalue weighted by Gasteiger charge is -2.25. The molecule has 1 fully saturated rings. The molecule has 3 heteroatoms. The van der Waals surface area contributed by atoms with E-state index in [0.717, 1.165) is 44.1 Å². The van der Waals surface area contributed by atoms with Crippen LogP contribution in [0.4, 0.5) is 0 Å². The number of carbonyl (C=O) groups excluding carboxylic acids is 1. The summed E-state index contributed by atoms with van der Waals surface area (Å²) >= 11 is 0. The van der Waals surface area contributed by atoms with Crippen LogP contribution in [0.1, 0.15) is 41.3 Å². The molecule has 1 aromatic carbocycles. The van der Waals surface area contributed by atoms with Crippen LogP contribution in [0.2, 0.25) is 0 Å². The second-order valence-electron chi connectivity index (χ2n) is 5.66. The van der Waals surface area contributed by atoms with Crippen LogP contribution in [0, 0.1) is 5.92 Å². The molecule has 3 rings (SSSR count). The third-order valence-electron chi connectivity index (χ3n) is 4.22. The van der Waals surface area contributed by atoms with E-state index in [1.807, 2.05) is 17.0 Å². The van der Waals surface area contributed by atoms with Gasteiger partial charge in [0.25, 0.3) is 5.91 Å². The second-order valence-corrected chi connectivity index (χ2v) is 5.66. The van der Waals surface area contributed by atoms with Gasteiger partial charge in [-0.3, -0.25) is 4.79 Å². The number of amides is 1. The van der Waals surface area contributed by atoms with Crippen LogP contribution in [0.5, 0.6) is 0 Å². The van der Waals surface area contributed by atoms with Crippen molar-refractivity contribution < 1.29 is 4.79 Å². The Morgan fingerprint density at radius 1 is 1.42 bits per heavy atom.